The molecule has 1 aromatic carbocycles. The molecule has 2 aromatic heterocycles. The van der Waals surface area contributed by atoms with Crippen molar-refractivity contribution in [2.75, 3.05) is 12.9 Å². The largest absolute Gasteiger partial charge is 0.497 e. The van der Waals surface area contributed by atoms with E-state index in [0.29, 0.717) is 17.5 Å². The quantitative estimate of drug-likeness (QED) is 0.408. The van der Waals surface area contributed by atoms with Crippen LogP contribution in [0.4, 0.5) is 0 Å². The predicted octanol–water partition coefficient (Wildman–Crippen LogP) is 4.56. The fraction of sp³-hybridized carbons (Fsp3) is 0.250. The lowest BCUT2D eigenvalue weighted by Gasteiger charge is -1.98. The molecule has 0 aliphatic carbocycles. The molecule has 3 rings (SSSR count). The highest BCUT2D eigenvalue weighted by Crippen LogP contribution is 2.31. The predicted molar refractivity (Wildman–Crippen MR) is 101 cm³/mol. The van der Waals surface area contributed by atoms with Gasteiger partial charge in [0.1, 0.15) is 5.75 Å². The van der Waals surface area contributed by atoms with Crippen LogP contribution in [-0.4, -0.2) is 33.2 Å². The summed E-state index contributed by atoms with van der Waals surface area (Å²) >= 11 is 4.74. The van der Waals surface area contributed by atoms with E-state index in [4.69, 9.17) is 9.26 Å². The van der Waals surface area contributed by atoms with Gasteiger partial charge in [-0.15, -0.1) is 10.2 Å². The molecule has 0 spiro atoms. The first-order chi connectivity index (χ1) is 12.1. The van der Waals surface area contributed by atoms with E-state index < -0.39 is 0 Å². The summed E-state index contributed by atoms with van der Waals surface area (Å²) in [5.41, 5.74) is 2.00. The van der Waals surface area contributed by atoms with Crippen molar-refractivity contribution in [2.45, 2.75) is 21.4 Å². The van der Waals surface area contributed by atoms with E-state index in [1.807, 2.05) is 31.2 Å². The molecule has 0 saturated carbocycles. The fourth-order valence-electron chi connectivity index (χ4n) is 1.79. The Morgan fingerprint density at radius 1 is 1.20 bits per heavy atom. The molecule has 0 N–H and O–H groups in total. The van der Waals surface area contributed by atoms with Gasteiger partial charge in [0.15, 0.2) is 8.68 Å². The molecule has 9 heteroatoms. The molecule has 0 fully saturated rings. The maximum Gasteiger partial charge on any atom is 0.237 e. The summed E-state index contributed by atoms with van der Waals surface area (Å²) in [6, 6.07) is 7.53. The van der Waals surface area contributed by atoms with E-state index in [9.17, 15) is 0 Å². The number of hydrogen-bond donors (Lipinski definition) is 0. The summed E-state index contributed by atoms with van der Waals surface area (Å²) in [6.45, 7) is 5.89. The molecule has 0 atom stereocenters. The zero-order valence-electron chi connectivity index (χ0n) is 13.8. The summed E-state index contributed by atoms with van der Waals surface area (Å²) in [5, 5.41) is 12.4. The van der Waals surface area contributed by atoms with Gasteiger partial charge in [-0.25, -0.2) is 0 Å². The van der Waals surface area contributed by atoms with Gasteiger partial charge in [-0.3, -0.25) is 0 Å². The Labute approximate surface area is 158 Å². The van der Waals surface area contributed by atoms with Crippen LogP contribution >= 0.6 is 34.9 Å². The monoisotopic (exact) mass is 392 g/mol. The lowest BCUT2D eigenvalue weighted by atomic mass is 10.2. The SMILES string of the molecule is C=C(C)CSc1nnc(SCc2nc(-c3ccc(OC)cc3)no2)s1. The van der Waals surface area contributed by atoms with E-state index >= 15 is 0 Å². The number of ether oxygens (including phenoxy) is 1. The van der Waals surface area contributed by atoms with Crippen LogP contribution in [0.2, 0.25) is 0 Å². The standard InChI is InChI=1S/C16H16N4O2S3/c1-10(2)8-23-15-18-19-16(25-15)24-9-13-17-14(20-22-13)11-4-6-12(21-3)7-5-11/h4-7H,1,8-9H2,2-3H3. The van der Waals surface area contributed by atoms with Crippen molar-refractivity contribution < 1.29 is 9.26 Å². The molecule has 0 radical (unpaired) electrons. The Morgan fingerprint density at radius 3 is 2.60 bits per heavy atom. The molecule has 0 aliphatic heterocycles. The van der Waals surface area contributed by atoms with Crippen molar-refractivity contribution in [3.8, 4) is 17.1 Å². The van der Waals surface area contributed by atoms with Crippen molar-refractivity contribution in [1.29, 1.82) is 0 Å². The minimum Gasteiger partial charge on any atom is -0.497 e. The lowest BCUT2D eigenvalue weighted by Crippen LogP contribution is -1.85. The molecule has 0 unspecified atom stereocenters. The number of hydrogen-bond acceptors (Lipinski definition) is 9. The third-order valence-corrected chi connectivity index (χ3v) is 6.37. The zero-order valence-corrected chi connectivity index (χ0v) is 16.2. The highest BCUT2D eigenvalue weighted by molar-refractivity contribution is 8.03. The van der Waals surface area contributed by atoms with Gasteiger partial charge in [-0.05, 0) is 31.2 Å². The average molecular weight is 393 g/mol. The van der Waals surface area contributed by atoms with Crippen molar-refractivity contribution in [3.05, 3.63) is 42.3 Å². The van der Waals surface area contributed by atoms with Crippen LogP contribution in [0.25, 0.3) is 11.4 Å². The number of aromatic nitrogens is 4. The Bertz CT molecular complexity index is 845. The lowest BCUT2D eigenvalue weighted by molar-refractivity contribution is 0.391. The van der Waals surface area contributed by atoms with E-state index in [-0.39, 0.29) is 0 Å². The van der Waals surface area contributed by atoms with E-state index in [1.54, 1.807) is 30.2 Å². The van der Waals surface area contributed by atoms with E-state index in [1.165, 1.54) is 11.8 Å². The van der Waals surface area contributed by atoms with Crippen LogP contribution in [0.15, 0.2) is 49.6 Å². The number of thioether (sulfide) groups is 2. The van der Waals surface area contributed by atoms with Crippen LogP contribution in [0.3, 0.4) is 0 Å². The Morgan fingerprint density at radius 2 is 1.92 bits per heavy atom. The highest BCUT2D eigenvalue weighted by atomic mass is 32.2. The maximum absolute atomic E-state index is 5.31. The Kier molecular flexibility index (Phi) is 6.11. The van der Waals surface area contributed by atoms with Crippen LogP contribution in [0.1, 0.15) is 12.8 Å². The summed E-state index contributed by atoms with van der Waals surface area (Å²) in [4.78, 5) is 4.42. The first-order valence-corrected chi connectivity index (χ1v) is 10.1. The van der Waals surface area contributed by atoms with Crippen LogP contribution in [-0.2, 0) is 5.75 Å². The third-order valence-electron chi connectivity index (χ3n) is 2.97. The normalized spacial score (nSPS) is 10.8. The number of rotatable bonds is 8. The van der Waals surface area contributed by atoms with Gasteiger partial charge < -0.3 is 9.26 Å². The Hall–Kier alpha value is -1.84. The average Bonchev–Trinajstić information content (AvgIpc) is 3.27. The Balaban J connectivity index is 1.57. The number of methoxy groups -OCH3 is 1. The van der Waals surface area contributed by atoms with E-state index in [2.05, 4.69) is 26.9 Å². The van der Waals surface area contributed by atoms with Gasteiger partial charge in [0.05, 0.1) is 12.9 Å². The van der Waals surface area contributed by atoms with Crippen LogP contribution < -0.4 is 4.74 Å². The molecule has 2 heterocycles. The third kappa shape index (κ3) is 5.07. The highest BCUT2D eigenvalue weighted by Gasteiger charge is 2.11. The molecule has 6 nitrogen and oxygen atoms in total. The second kappa shape index (κ2) is 8.50. The molecule has 3 aromatic rings. The number of benzene rings is 1. The van der Waals surface area contributed by atoms with Gasteiger partial charge in [0.25, 0.3) is 0 Å². The smallest absolute Gasteiger partial charge is 0.237 e. The van der Waals surface area contributed by atoms with Gasteiger partial charge in [-0.1, -0.05) is 52.2 Å². The molecule has 130 valence electrons. The van der Waals surface area contributed by atoms with Crippen LogP contribution in [0.5, 0.6) is 5.75 Å². The first-order valence-electron chi connectivity index (χ1n) is 7.34. The summed E-state index contributed by atoms with van der Waals surface area (Å²) in [6.07, 6.45) is 0. The minimum absolute atomic E-state index is 0.558. The van der Waals surface area contributed by atoms with Gasteiger partial charge in [0, 0.05) is 11.3 Å². The fourth-order valence-corrected chi connectivity index (χ4v) is 4.49. The van der Waals surface area contributed by atoms with E-state index in [0.717, 1.165) is 31.3 Å². The van der Waals surface area contributed by atoms with Gasteiger partial charge in [-0.2, -0.15) is 4.98 Å². The van der Waals surface area contributed by atoms with Crippen molar-refractivity contribution in [3.63, 3.8) is 0 Å². The molecule has 0 bridgehead atoms. The van der Waals surface area contributed by atoms with Gasteiger partial charge >= 0.3 is 0 Å². The van der Waals surface area contributed by atoms with Crippen LogP contribution in [0, 0.1) is 0 Å². The van der Waals surface area contributed by atoms with Crippen molar-refractivity contribution in [1.82, 2.24) is 20.3 Å². The molecule has 0 saturated heterocycles. The summed E-state index contributed by atoms with van der Waals surface area (Å²) in [7, 11) is 1.63. The summed E-state index contributed by atoms with van der Waals surface area (Å²) in [5.74, 6) is 3.33. The van der Waals surface area contributed by atoms with Crippen molar-refractivity contribution >= 4 is 34.9 Å². The first kappa shape index (κ1) is 18.0. The van der Waals surface area contributed by atoms with Gasteiger partial charge in [0.2, 0.25) is 11.7 Å². The maximum atomic E-state index is 5.31. The molecular formula is C16H16N4O2S3. The number of nitrogens with zero attached hydrogens (tertiary/aromatic N) is 4. The minimum atomic E-state index is 0.558. The zero-order chi connectivity index (χ0) is 17.6. The topological polar surface area (TPSA) is 73.9 Å². The molecular weight excluding hydrogens is 376 g/mol. The molecule has 0 aliphatic rings. The molecule has 25 heavy (non-hydrogen) atoms. The van der Waals surface area contributed by atoms with Crippen molar-refractivity contribution in [2.24, 2.45) is 0 Å². The second-order valence-corrected chi connectivity index (χ2v) is 8.53. The summed E-state index contributed by atoms with van der Waals surface area (Å²) < 4.78 is 12.3. The second-order valence-electron chi connectivity index (χ2n) is 5.11. The molecule has 0 amide bonds.